The molecular formula is C7H15NO2. The molecule has 3 N–H and O–H groups in total. The summed E-state index contributed by atoms with van der Waals surface area (Å²) < 4.78 is 0. The van der Waals surface area contributed by atoms with Crippen molar-refractivity contribution in [2.45, 2.75) is 18.9 Å². The molecule has 0 bridgehead atoms. The minimum Gasteiger partial charge on any atom is -0.394 e. The van der Waals surface area contributed by atoms with E-state index < -0.39 is 5.54 Å². The summed E-state index contributed by atoms with van der Waals surface area (Å²) in [6.45, 7) is 3.02. The number of hydrogen-bond donors (Lipinski definition) is 3. The predicted molar refractivity (Wildman–Crippen MR) is 38.7 cm³/mol. The van der Waals surface area contributed by atoms with E-state index in [0.717, 1.165) is 13.0 Å². The van der Waals surface area contributed by atoms with Gasteiger partial charge in [0, 0.05) is 0 Å². The van der Waals surface area contributed by atoms with Crippen molar-refractivity contribution in [1.29, 1.82) is 0 Å². The molecule has 3 nitrogen and oxygen atoms in total. The lowest BCUT2D eigenvalue weighted by atomic mass is 9.89. The van der Waals surface area contributed by atoms with Gasteiger partial charge >= 0.3 is 0 Å². The smallest absolute Gasteiger partial charge is 0.0674 e. The largest absolute Gasteiger partial charge is 0.394 e. The first-order valence-electron chi connectivity index (χ1n) is 3.72. The SMILES string of the molecule is CC1CCNC1(CO)CO. The van der Waals surface area contributed by atoms with Crippen LogP contribution in [0.4, 0.5) is 0 Å². The fraction of sp³-hybridized carbons (Fsp3) is 1.00. The van der Waals surface area contributed by atoms with Crippen molar-refractivity contribution in [2.24, 2.45) is 5.92 Å². The van der Waals surface area contributed by atoms with Crippen molar-refractivity contribution in [3.05, 3.63) is 0 Å². The van der Waals surface area contributed by atoms with E-state index in [9.17, 15) is 0 Å². The first-order valence-corrected chi connectivity index (χ1v) is 3.72. The molecule has 0 spiro atoms. The van der Waals surface area contributed by atoms with Crippen LogP contribution < -0.4 is 5.32 Å². The average Bonchev–Trinajstić information content (AvgIpc) is 2.32. The van der Waals surface area contributed by atoms with Crippen LogP contribution in [-0.4, -0.2) is 35.5 Å². The molecule has 0 aromatic carbocycles. The first kappa shape index (κ1) is 7.98. The van der Waals surface area contributed by atoms with Gasteiger partial charge in [-0.05, 0) is 18.9 Å². The Hall–Kier alpha value is -0.120. The number of nitrogens with one attached hydrogen (secondary N) is 1. The molecule has 1 aliphatic rings. The van der Waals surface area contributed by atoms with Crippen molar-refractivity contribution in [3.8, 4) is 0 Å². The quantitative estimate of drug-likeness (QED) is 0.483. The van der Waals surface area contributed by atoms with Crippen LogP contribution in [0.25, 0.3) is 0 Å². The van der Waals surface area contributed by atoms with Crippen LogP contribution in [0, 0.1) is 5.92 Å². The third-order valence-electron chi connectivity index (χ3n) is 2.56. The summed E-state index contributed by atoms with van der Waals surface area (Å²) in [5.41, 5.74) is -0.403. The van der Waals surface area contributed by atoms with Crippen molar-refractivity contribution in [3.63, 3.8) is 0 Å². The number of hydrogen-bond acceptors (Lipinski definition) is 3. The Balaban J connectivity index is 2.61. The van der Waals surface area contributed by atoms with E-state index in [1.807, 2.05) is 6.92 Å². The summed E-state index contributed by atoms with van der Waals surface area (Å²) in [5.74, 6) is 0.377. The average molecular weight is 145 g/mol. The van der Waals surface area contributed by atoms with Crippen molar-refractivity contribution in [1.82, 2.24) is 5.32 Å². The summed E-state index contributed by atoms with van der Waals surface area (Å²) in [5, 5.41) is 21.0. The maximum absolute atomic E-state index is 8.96. The van der Waals surface area contributed by atoms with Crippen LogP contribution >= 0.6 is 0 Å². The van der Waals surface area contributed by atoms with Crippen LogP contribution in [0.3, 0.4) is 0 Å². The first-order chi connectivity index (χ1) is 4.75. The monoisotopic (exact) mass is 145 g/mol. The van der Waals surface area contributed by atoms with Gasteiger partial charge in [0.25, 0.3) is 0 Å². The topological polar surface area (TPSA) is 52.5 Å². The van der Waals surface area contributed by atoms with Crippen molar-refractivity contribution >= 4 is 0 Å². The Morgan fingerprint density at radius 1 is 1.50 bits per heavy atom. The molecule has 1 aliphatic heterocycles. The summed E-state index contributed by atoms with van der Waals surface area (Å²) in [4.78, 5) is 0. The molecule has 1 unspecified atom stereocenters. The molecule has 60 valence electrons. The normalized spacial score (nSPS) is 30.9. The molecule has 1 saturated heterocycles. The van der Waals surface area contributed by atoms with Crippen LogP contribution in [0.1, 0.15) is 13.3 Å². The molecule has 0 aromatic rings. The highest BCUT2D eigenvalue weighted by Gasteiger charge is 2.38. The van der Waals surface area contributed by atoms with Crippen molar-refractivity contribution < 1.29 is 10.2 Å². The second-order valence-corrected chi connectivity index (χ2v) is 3.09. The zero-order chi connectivity index (χ0) is 7.61. The van der Waals surface area contributed by atoms with Gasteiger partial charge in [0.15, 0.2) is 0 Å². The third kappa shape index (κ3) is 1.05. The zero-order valence-electron chi connectivity index (χ0n) is 6.30. The Morgan fingerprint density at radius 2 is 2.10 bits per heavy atom. The molecule has 1 heterocycles. The molecule has 0 aromatic heterocycles. The Morgan fingerprint density at radius 3 is 2.30 bits per heavy atom. The minimum absolute atomic E-state index is 0.0324. The lowest BCUT2D eigenvalue weighted by Gasteiger charge is -2.29. The lowest BCUT2D eigenvalue weighted by Crippen LogP contribution is -2.50. The number of rotatable bonds is 2. The molecule has 0 aliphatic carbocycles. The van der Waals surface area contributed by atoms with Gasteiger partial charge in [-0.15, -0.1) is 0 Å². The molecular weight excluding hydrogens is 130 g/mol. The Bertz CT molecular complexity index is 112. The van der Waals surface area contributed by atoms with E-state index in [-0.39, 0.29) is 13.2 Å². The predicted octanol–water partition coefficient (Wildman–Crippen LogP) is -0.661. The van der Waals surface area contributed by atoms with Gasteiger partial charge < -0.3 is 15.5 Å². The fourth-order valence-corrected chi connectivity index (χ4v) is 1.46. The second kappa shape index (κ2) is 2.86. The van der Waals surface area contributed by atoms with E-state index in [4.69, 9.17) is 10.2 Å². The maximum Gasteiger partial charge on any atom is 0.0674 e. The minimum atomic E-state index is -0.403. The fourth-order valence-electron chi connectivity index (χ4n) is 1.46. The van der Waals surface area contributed by atoms with E-state index in [0.29, 0.717) is 5.92 Å². The van der Waals surface area contributed by atoms with E-state index in [2.05, 4.69) is 5.32 Å². The van der Waals surface area contributed by atoms with Gasteiger partial charge in [0.05, 0.1) is 18.8 Å². The number of aliphatic hydroxyl groups excluding tert-OH is 2. The standard InChI is InChI=1S/C7H15NO2/c1-6-2-3-8-7(6,4-9)5-10/h6,8-10H,2-5H2,1H3. The van der Waals surface area contributed by atoms with Crippen LogP contribution in [0.15, 0.2) is 0 Å². The lowest BCUT2D eigenvalue weighted by molar-refractivity contribution is 0.0785. The van der Waals surface area contributed by atoms with Gasteiger partial charge in [0.2, 0.25) is 0 Å². The molecule has 1 fully saturated rings. The highest BCUT2D eigenvalue weighted by Crippen LogP contribution is 2.24. The van der Waals surface area contributed by atoms with E-state index >= 15 is 0 Å². The summed E-state index contributed by atoms with van der Waals surface area (Å²) in [6, 6.07) is 0. The molecule has 1 atom stereocenters. The molecule has 0 radical (unpaired) electrons. The summed E-state index contributed by atoms with van der Waals surface area (Å²) in [7, 11) is 0. The highest BCUT2D eigenvalue weighted by molar-refractivity contribution is 4.96. The summed E-state index contributed by atoms with van der Waals surface area (Å²) in [6.07, 6.45) is 1.04. The van der Waals surface area contributed by atoms with Crippen LogP contribution in [0.5, 0.6) is 0 Å². The Labute approximate surface area is 61.1 Å². The van der Waals surface area contributed by atoms with Gasteiger partial charge in [0.1, 0.15) is 0 Å². The molecule has 10 heavy (non-hydrogen) atoms. The second-order valence-electron chi connectivity index (χ2n) is 3.09. The van der Waals surface area contributed by atoms with Gasteiger partial charge in [-0.25, -0.2) is 0 Å². The van der Waals surface area contributed by atoms with Crippen LogP contribution in [0.2, 0.25) is 0 Å². The molecule has 3 heteroatoms. The Kier molecular flexibility index (Phi) is 2.28. The third-order valence-corrected chi connectivity index (χ3v) is 2.56. The van der Waals surface area contributed by atoms with Gasteiger partial charge in [-0.1, -0.05) is 6.92 Å². The maximum atomic E-state index is 8.96. The number of aliphatic hydroxyl groups is 2. The molecule has 0 amide bonds. The van der Waals surface area contributed by atoms with Gasteiger partial charge in [-0.3, -0.25) is 0 Å². The van der Waals surface area contributed by atoms with E-state index in [1.54, 1.807) is 0 Å². The summed E-state index contributed by atoms with van der Waals surface area (Å²) >= 11 is 0. The van der Waals surface area contributed by atoms with Crippen molar-refractivity contribution in [2.75, 3.05) is 19.8 Å². The highest BCUT2D eigenvalue weighted by atomic mass is 16.3. The van der Waals surface area contributed by atoms with E-state index in [1.165, 1.54) is 0 Å². The zero-order valence-corrected chi connectivity index (χ0v) is 6.30. The van der Waals surface area contributed by atoms with Gasteiger partial charge in [-0.2, -0.15) is 0 Å². The molecule has 0 saturated carbocycles. The van der Waals surface area contributed by atoms with Crippen LogP contribution in [-0.2, 0) is 0 Å². The molecule has 1 rings (SSSR count).